The van der Waals surface area contributed by atoms with Crippen molar-refractivity contribution in [1.82, 2.24) is 4.90 Å². The molecule has 158 valence electrons. The summed E-state index contributed by atoms with van der Waals surface area (Å²) in [6.45, 7) is 1.79. The van der Waals surface area contributed by atoms with Crippen LogP contribution < -0.4 is 45.1 Å². The van der Waals surface area contributed by atoms with Gasteiger partial charge in [-0.1, -0.05) is 24.3 Å². The van der Waals surface area contributed by atoms with Gasteiger partial charge in [0.05, 0.1) is 0 Å². The Labute approximate surface area is 201 Å². The van der Waals surface area contributed by atoms with Crippen LogP contribution in [0.5, 0.6) is 5.75 Å². The second-order valence-electron chi connectivity index (χ2n) is 6.87. The molecule has 0 fully saturated rings. The Bertz CT molecular complexity index is 1290. The fraction of sp³-hybridized carbons (Fsp3) is 0.200. The molecule has 0 aliphatic carbocycles. The molecule has 3 rings (SSSR count). The van der Waals surface area contributed by atoms with Crippen molar-refractivity contribution in [3.63, 3.8) is 0 Å². The predicted octanol–water partition coefficient (Wildman–Crippen LogP) is -0.0347. The van der Waals surface area contributed by atoms with Gasteiger partial charge in [-0.15, -0.1) is 5.69 Å². The van der Waals surface area contributed by atoms with Gasteiger partial charge in [0.1, 0.15) is 11.3 Å². The van der Waals surface area contributed by atoms with Crippen molar-refractivity contribution in [1.29, 1.82) is 0 Å². The van der Waals surface area contributed by atoms with Gasteiger partial charge in [0.15, 0.2) is 10.2 Å². The molecule has 0 spiro atoms. The zero-order valence-electron chi connectivity index (χ0n) is 17.6. The van der Waals surface area contributed by atoms with Gasteiger partial charge in [0.25, 0.3) is 0 Å². The van der Waals surface area contributed by atoms with Gasteiger partial charge in [-0.2, -0.15) is 0 Å². The Morgan fingerprint density at radius 3 is 2.55 bits per heavy atom. The maximum Gasteiger partial charge on any atom is 1.00 e. The Morgan fingerprint density at radius 2 is 1.90 bits per heavy atom. The van der Waals surface area contributed by atoms with E-state index < -0.39 is 21.9 Å². The number of aryl methyl sites for hydroxylation is 1. The maximum absolute atomic E-state index is 12.6. The largest absolute Gasteiger partial charge is 1.00 e. The van der Waals surface area contributed by atoms with Crippen molar-refractivity contribution < 1.29 is 51.9 Å². The topological polar surface area (TPSA) is 134 Å². The minimum atomic E-state index is -4.02. The number of carbonyl (C=O) groups is 1. The van der Waals surface area contributed by atoms with Gasteiger partial charge in [0.2, 0.25) is 0 Å². The quantitative estimate of drug-likeness (QED) is 0.426. The van der Waals surface area contributed by atoms with Crippen LogP contribution >= 0.6 is 0 Å². The van der Waals surface area contributed by atoms with Gasteiger partial charge < -0.3 is 18.8 Å². The third-order valence-corrected chi connectivity index (χ3v) is 4.82. The van der Waals surface area contributed by atoms with Gasteiger partial charge in [-0.05, 0) is 30.2 Å². The van der Waals surface area contributed by atoms with E-state index in [2.05, 4.69) is 4.72 Å². The molecule has 0 saturated carbocycles. The van der Waals surface area contributed by atoms with Crippen LogP contribution in [-0.2, 0) is 16.6 Å². The van der Waals surface area contributed by atoms with E-state index in [1.807, 2.05) is 0 Å². The molecule has 0 radical (unpaired) electrons. The maximum atomic E-state index is 12.6. The molecule has 2 aromatic carbocycles. The molecule has 1 aromatic heterocycles. The Morgan fingerprint density at radius 1 is 1.19 bits per heavy atom. The molecule has 11 heteroatoms. The second-order valence-corrected chi connectivity index (χ2v) is 8.08. The molecule has 31 heavy (non-hydrogen) atoms. The summed E-state index contributed by atoms with van der Waals surface area (Å²) in [7, 11) is -0.903. The first-order chi connectivity index (χ1) is 14.0. The number of fused-ring (bicyclic) bond motifs is 1. The van der Waals surface area contributed by atoms with Gasteiger partial charge in [-0.3, -0.25) is 0 Å². The fourth-order valence-corrected chi connectivity index (χ4v) is 3.32. The average Bonchev–Trinajstić information content (AvgIpc) is 2.63. The molecule has 1 heterocycles. The molecule has 9 nitrogen and oxygen atoms in total. The molecule has 1 amide bonds. The summed E-state index contributed by atoms with van der Waals surface area (Å²) in [5.74, 6) is 0.258. The first kappa shape index (κ1) is 24.9. The number of hydrogen-bond acceptors (Lipinski definition) is 6. The third kappa shape index (κ3) is 6.31. The molecule has 0 aliphatic heterocycles. The van der Waals surface area contributed by atoms with Crippen molar-refractivity contribution in [3.05, 3.63) is 74.3 Å². The Balaban J connectivity index is 0.00000341. The van der Waals surface area contributed by atoms with Crippen LogP contribution in [-0.4, -0.2) is 33.5 Å². The van der Waals surface area contributed by atoms with Crippen molar-refractivity contribution in [2.75, 3.05) is 14.1 Å². The second kappa shape index (κ2) is 9.84. The first-order valence-corrected chi connectivity index (χ1v) is 10.3. The van der Waals surface area contributed by atoms with Crippen LogP contribution in [0, 0.1) is 6.92 Å². The van der Waals surface area contributed by atoms with Crippen molar-refractivity contribution in [2.45, 2.75) is 13.3 Å². The summed E-state index contributed by atoms with van der Waals surface area (Å²) in [6.07, 6.45) is -0.329. The number of nitrogens with two attached hydrogens (primary N) is 1. The van der Waals surface area contributed by atoms with E-state index in [0.717, 1.165) is 0 Å². The van der Waals surface area contributed by atoms with Crippen LogP contribution in [0.3, 0.4) is 0 Å². The van der Waals surface area contributed by atoms with Crippen LogP contribution in [0.15, 0.2) is 51.7 Å². The number of hydrogen-bond donors (Lipinski definition) is 1. The monoisotopic (exact) mass is 453 g/mol. The molecule has 3 aromatic rings. The van der Waals surface area contributed by atoms with Crippen LogP contribution in [0.25, 0.3) is 15.7 Å². The molecular weight excluding hydrogens is 433 g/mol. The summed E-state index contributed by atoms with van der Waals surface area (Å²) in [5.41, 5.74) is 1.73. The van der Waals surface area contributed by atoms with Crippen molar-refractivity contribution >= 4 is 33.0 Å². The van der Waals surface area contributed by atoms with Gasteiger partial charge in [-0.25, -0.2) is 23.1 Å². The minimum Gasteiger partial charge on any atom is -0.564 e. The van der Waals surface area contributed by atoms with E-state index in [4.69, 9.17) is 14.3 Å². The number of benzene rings is 2. The molecule has 0 unspecified atom stereocenters. The number of rotatable bonds is 5. The summed E-state index contributed by atoms with van der Waals surface area (Å²) in [4.78, 5) is 25.6. The van der Waals surface area contributed by atoms with Gasteiger partial charge in [0, 0.05) is 37.5 Å². The summed E-state index contributed by atoms with van der Waals surface area (Å²) >= 11 is 0. The number of carbonyl (C=O) groups excluding carboxylic acids is 1. The predicted molar refractivity (Wildman–Crippen MR) is 112 cm³/mol. The van der Waals surface area contributed by atoms with Crippen LogP contribution in [0.2, 0.25) is 0 Å². The molecule has 0 saturated heterocycles. The third-order valence-electron chi connectivity index (χ3n) is 4.35. The van der Waals surface area contributed by atoms with Crippen molar-refractivity contribution in [3.8, 4) is 5.75 Å². The standard InChI is InChI=1S/C20H20N3O6S.Na/c1-12-16-8-7-15(28-20(25)23(2)3)11-18(16)29-19(24)17(12)10-13-5-4-6-14(9-13)22-30(21,26)27;/h4-9,11H,10H2,1-3H3,(H2,21,26,27);/q-1;+1. The zero-order valence-corrected chi connectivity index (χ0v) is 20.4. The molecule has 2 N–H and O–H groups in total. The van der Waals surface area contributed by atoms with E-state index in [1.54, 1.807) is 45.3 Å². The molecule has 0 atom stereocenters. The number of ether oxygens (including phenoxy) is 1. The van der Waals surface area contributed by atoms with Crippen LogP contribution in [0.4, 0.5) is 10.5 Å². The number of nitrogens with zero attached hydrogens (tertiary/aromatic N) is 2. The normalized spacial score (nSPS) is 11.0. The van der Waals surface area contributed by atoms with E-state index in [1.165, 1.54) is 23.1 Å². The zero-order chi connectivity index (χ0) is 22.1. The van der Waals surface area contributed by atoms with Crippen LogP contribution in [0.1, 0.15) is 16.7 Å². The number of amides is 1. The SMILES string of the molecule is Cc1c(Cc2cccc([N-]S(N)(=O)=O)c2)c(=O)oc2cc(OC(=O)N(C)C)ccc12.[Na+]. The van der Waals surface area contributed by atoms with E-state index >= 15 is 0 Å². The van der Waals surface area contributed by atoms with E-state index in [0.29, 0.717) is 27.7 Å². The summed E-state index contributed by atoms with van der Waals surface area (Å²) in [5, 5.41) is 5.64. The molecular formula is C20H20N3NaO6S. The smallest absolute Gasteiger partial charge is 0.564 e. The fourth-order valence-electron chi connectivity index (χ4n) is 2.91. The Hall–Kier alpha value is -2.37. The van der Waals surface area contributed by atoms with E-state index in [9.17, 15) is 18.0 Å². The van der Waals surface area contributed by atoms with Crippen molar-refractivity contribution in [2.24, 2.45) is 5.14 Å². The molecule has 0 bridgehead atoms. The Kier molecular flexibility index (Phi) is 7.90. The van der Waals surface area contributed by atoms with E-state index in [-0.39, 0.29) is 47.4 Å². The average molecular weight is 453 g/mol. The summed E-state index contributed by atoms with van der Waals surface area (Å²) in [6, 6.07) is 11.2. The summed E-state index contributed by atoms with van der Waals surface area (Å²) < 4.78 is 36.4. The van der Waals surface area contributed by atoms with Gasteiger partial charge >= 0.3 is 41.3 Å². The minimum absolute atomic E-state index is 0. The first-order valence-electron chi connectivity index (χ1n) is 8.83. The molecule has 0 aliphatic rings.